The number of hydrogen-bond acceptors (Lipinski definition) is 4. The molecule has 2 aromatic heterocycles. The van der Waals surface area contributed by atoms with Gasteiger partial charge in [0.05, 0.1) is 16.8 Å². The van der Waals surface area contributed by atoms with E-state index in [1.807, 2.05) is 25.9 Å². The summed E-state index contributed by atoms with van der Waals surface area (Å²) in [6.07, 6.45) is 4.65. The fraction of sp³-hybridized carbons (Fsp3) is 0.370. The molecule has 0 bridgehead atoms. The van der Waals surface area contributed by atoms with Crippen molar-refractivity contribution >= 4 is 27.7 Å². The standard InChI is InChI=1S/C27H29F2N5O/c1-15-23-22(33-32-15)14-21(29)26-24(23)17-7-5-4-6-8-18(17)25(31-26)16-9-10-19(20(28)13-16)27(35)30-11-12-34(2)3/h9-10,13-14H,4-8,11-12H2,1-3H3,(H,30,35)(H,32,33). The van der Waals surface area contributed by atoms with Crippen LogP contribution in [-0.2, 0) is 12.8 Å². The monoisotopic (exact) mass is 477 g/mol. The molecule has 0 fully saturated rings. The van der Waals surface area contributed by atoms with E-state index in [-0.39, 0.29) is 11.1 Å². The van der Waals surface area contributed by atoms with E-state index in [9.17, 15) is 4.79 Å². The number of rotatable bonds is 5. The Morgan fingerprint density at radius 3 is 2.57 bits per heavy atom. The molecule has 182 valence electrons. The van der Waals surface area contributed by atoms with Crippen molar-refractivity contribution < 1.29 is 13.6 Å². The Kier molecular flexibility index (Phi) is 6.23. The van der Waals surface area contributed by atoms with Gasteiger partial charge >= 0.3 is 0 Å². The van der Waals surface area contributed by atoms with Crippen LogP contribution in [0.2, 0.25) is 0 Å². The summed E-state index contributed by atoms with van der Waals surface area (Å²) in [6, 6.07) is 5.95. The number of halogens is 2. The molecule has 0 aliphatic heterocycles. The largest absolute Gasteiger partial charge is 0.351 e. The normalized spacial score (nSPS) is 13.9. The van der Waals surface area contributed by atoms with Crippen molar-refractivity contribution in [2.24, 2.45) is 0 Å². The topological polar surface area (TPSA) is 73.9 Å². The molecule has 1 aliphatic carbocycles. The average molecular weight is 478 g/mol. The van der Waals surface area contributed by atoms with Gasteiger partial charge in [-0.3, -0.25) is 9.89 Å². The molecule has 2 N–H and O–H groups in total. The number of H-pyrrole nitrogens is 1. The van der Waals surface area contributed by atoms with E-state index in [4.69, 9.17) is 4.98 Å². The minimum Gasteiger partial charge on any atom is -0.351 e. The first-order valence-corrected chi connectivity index (χ1v) is 12.1. The second-order valence-corrected chi connectivity index (χ2v) is 9.56. The second-order valence-electron chi connectivity index (χ2n) is 9.56. The van der Waals surface area contributed by atoms with Gasteiger partial charge in [-0.05, 0) is 70.0 Å². The highest BCUT2D eigenvalue weighted by Crippen LogP contribution is 2.39. The predicted octanol–water partition coefficient (Wildman–Crippen LogP) is 4.93. The Labute approximate surface area is 202 Å². The lowest BCUT2D eigenvalue weighted by Crippen LogP contribution is -2.31. The summed E-state index contributed by atoms with van der Waals surface area (Å²) in [5.41, 5.74) is 4.98. The van der Waals surface area contributed by atoms with Crippen LogP contribution in [0.5, 0.6) is 0 Å². The van der Waals surface area contributed by atoms with Gasteiger partial charge in [-0.25, -0.2) is 13.8 Å². The number of aromatic amines is 1. The molecule has 2 aromatic carbocycles. The maximum Gasteiger partial charge on any atom is 0.254 e. The van der Waals surface area contributed by atoms with Gasteiger partial charge in [-0.1, -0.05) is 12.5 Å². The summed E-state index contributed by atoms with van der Waals surface area (Å²) in [5, 5.41) is 11.7. The number of pyridine rings is 1. The molecule has 8 heteroatoms. The van der Waals surface area contributed by atoms with Crippen molar-refractivity contribution in [3.8, 4) is 11.3 Å². The van der Waals surface area contributed by atoms with Crippen molar-refractivity contribution in [3.63, 3.8) is 0 Å². The molecule has 1 amide bonds. The molecule has 0 radical (unpaired) electrons. The van der Waals surface area contributed by atoms with Crippen LogP contribution < -0.4 is 5.32 Å². The number of aromatic nitrogens is 3. The molecule has 5 rings (SSSR count). The van der Waals surface area contributed by atoms with Gasteiger partial charge in [-0.15, -0.1) is 0 Å². The van der Waals surface area contributed by atoms with Crippen molar-refractivity contribution in [3.05, 3.63) is 58.3 Å². The summed E-state index contributed by atoms with van der Waals surface area (Å²) in [6.45, 7) is 3.02. The van der Waals surface area contributed by atoms with E-state index in [2.05, 4.69) is 15.5 Å². The Balaban J connectivity index is 1.64. The fourth-order valence-corrected chi connectivity index (χ4v) is 5.07. The minimum absolute atomic E-state index is 0.0127. The van der Waals surface area contributed by atoms with Crippen LogP contribution in [-0.4, -0.2) is 53.2 Å². The highest BCUT2D eigenvalue weighted by Gasteiger charge is 2.24. The number of hydrogen-bond donors (Lipinski definition) is 2. The Hall–Kier alpha value is -3.39. The molecular weight excluding hydrogens is 448 g/mol. The molecule has 0 unspecified atom stereocenters. The Bertz CT molecular complexity index is 1440. The lowest BCUT2D eigenvalue weighted by molar-refractivity contribution is 0.0947. The molecule has 0 saturated heterocycles. The summed E-state index contributed by atoms with van der Waals surface area (Å²) >= 11 is 0. The van der Waals surface area contributed by atoms with Crippen LogP contribution in [0, 0.1) is 18.6 Å². The lowest BCUT2D eigenvalue weighted by atomic mass is 9.91. The van der Waals surface area contributed by atoms with E-state index in [1.54, 1.807) is 6.07 Å². The zero-order valence-electron chi connectivity index (χ0n) is 20.3. The van der Waals surface area contributed by atoms with Gasteiger partial charge < -0.3 is 10.2 Å². The van der Waals surface area contributed by atoms with Crippen molar-refractivity contribution in [2.75, 3.05) is 27.2 Å². The quantitative estimate of drug-likeness (QED) is 0.400. The average Bonchev–Trinajstić information content (AvgIpc) is 3.02. The van der Waals surface area contributed by atoms with Crippen molar-refractivity contribution in [2.45, 2.75) is 39.0 Å². The van der Waals surface area contributed by atoms with Crippen LogP contribution in [0.25, 0.3) is 33.1 Å². The molecule has 35 heavy (non-hydrogen) atoms. The summed E-state index contributed by atoms with van der Waals surface area (Å²) in [5.74, 6) is -1.51. The summed E-state index contributed by atoms with van der Waals surface area (Å²) < 4.78 is 30.4. The molecule has 0 spiro atoms. The zero-order chi connectivity index (χ0) is 24.7. The SMILES string of the molecule is Cc1[nH]nc2cc(F)c3nc(-c4ccc(C(=O)NCCN(C)C)c(F)c4)c4c(c3c12)CCCCC4. The van der Waals surface area contributed by atoms with Crippen LogP contribution in [0.4, 0.5) is 8.78 Å². The number of likely N-dealkylation sites (N-methyl/N-ethyl adjacent to an activating group) is 1. The zero-order valence-corrected chi connectivity index (χ0v) is 20.3. The number of nitrogens with zero attached hydrogens (tertiary/aromatic N) is 3. The molecule has 0 saturated carbocycles. The number of carbonyl (C=O) groups excluding carboxylic acids is 1. The third-order valence-electron chi connectivity index (χ3n) is 6.81. The van der Waals surface area contributed by atoms with E-state index in [1.165, 1.54) is 18.2 Å². The van der Waals surface area contributed by atoms with Crippen LogP contribution in [0.15, 0.2) is 24.3 Å². The smallest absolute Gasteiger partial charge is 0.254 e. The van der Waals surface area contributed by atoms with Crippen LogP contribution >= 0.6 is 0 Å². The Morgan fingerprint density at radius 2 is 1.83 bits per heavy atom. The molecular formula is C27H29F2N5O. The number of benzene rings is 2. The lowest BCUT2D eigenvalue weighted by Gasteiger charge is -2.17. The third kappa shape index (κ3) is 4.27. The van der Waals surface area contributed by atoms with Crippen LogP contribution in [0.3, 0.4) is 0 Å². The highest BCUT2D eigenvalue weighted by molar-refractivity contribution is 6.09. The van der Waals surface area contributed by atoms with Gasteiger partial charge in [0.15, 0.2) is 5.82 Å². The van der Waals surface area contributed by atoms with Crippen LogP contribution in [0.1, 0.15) is 46.4 Å². The third-order valence-corrected chi connectivity index (χ3v) is 6.81. The summed E-state index contributed by atoms with van der Waals surface area (Å²) in [4.78, 5) is 19.2. The number of aryl methyl sites for hydroxylation is 2. The van der Waals surface area contributed by atoms with E-state index in [0.717, 1.165) is 59.7 Å². The number of amides is 1. The van der Waals surface area contributed by atoms with E-state index >= 15 is 8.78 Å². The second kappa shape index (κ2) is 9.34. The fourth-order valence-electron chi connectivity index (χ4n) is 5.07. The summed E-state index contributed by atoms with van der Waals surface area (Å²) in [7, 11) is 3.81. The number of nitrogens with one attached hydrogen (secondary N) is 2. The van der Waals surface area contributed by atoms with E-state index < -0.39 is 17.5 Å². The number of fused-ring (bicyclic) bond motifs is 5. The molecule has 4 aromatic rings. The predicted molar refractivity (Wildman–Crippen MR) is 134 cm³/mol. The molecule has 2 heterocycles. The van der Waals surface area contributed by atoms with Gasteiger partial charge in [-0.2, -0.15) is 5.10 Å². The van der Waals surface area contributed by atoms with Gasteiger partial charge in [0, 0.05) is 41.2 Å². The van der Waals surface area contributed by atoms with Crippen molar-refractivity contribution in [1.82, 2.24) is 25.4 Å². The highest BCUT2D eigenvalue weighted by atomic mass is 19.1. The molecule has 6 nitrogen and oxygen atoms in total. The first-order valence-electron chi connectivity index (χ1n) is 12.1. The maximum atomic E-state index is 15.3. The first kappa shape index (κ1) is 23.4. The van der Waals surface area contributed by atoms with Gasteiger partial charge in [0.1, 0.15) is 11.3 Å². The molecule has 0 atom stereocenters. The number of carbonyl (C=O) groups is 1. The minimum atomic E-state index is -0.615. The first-order chi connectivity index (χ1) is 16.8. The van der Waals surface area contributed by atoms with Gasteiger partial charge in [0.2, 0.25) is 0 Å². The van der Waals surface area contributed by atoms with Crippen molar-refractivity contribution in [1.29, 1.82) is 0 Å². The maximum absolute atomic E-state index is 15.3. The Morgan fingerprint density at radius 1 is 1.06 bits per heavy atom. The van der Waals surface area contributed by atoms with E-state index in [0.29, 0.717) is 29.9 Å². The molecule has 1 aliphatic rings. The van der Waals surface area contributed by atoms with Gasteiger partial charge in [0.25, 0.3) is 5.91 Å².